The minimum atomic E-state index is -3.08. The Balaban J connectivity index is 1.91. The van der Waals surface area contributed by atoms with Crippen LogP contribution in [-0.4, -0.2) is 67.3 Å². The van der Waals surface area contributed by atoms with Gasteiger partial charge in [0, 0.05) is 24.7 Å². The minimum Gasteiger partial charge on any atom is -0.332 e. The summed E-state index contributed by atoms with van der Waals surface area (Å²) in [6.07, 6.45) is 0.994. The fourth-order valence-corrected chi connectivity index (χ4v) is 5.97. The normalized spacial score (nSPS) is 26.4. The van der Waals surface area contributed by atoms with E-state index in [0.29, 0.717) is 12.1 Å². The van der Waals surface area contributed by atoms with Crippen LogP contribution < -0.4 is 0 Å². The molecule has 0 radical (unpaired) electrons. The number of fused-ring (bicyclic) bond motifs is 1. The molecule has 0 aromatic heterocycles. The third-order valence-corrected chi connectivity index (χ3v) is 6.88. The van der Waals surface area contributed by atoms with Gasteiger partial charge >= 0.3 is 0 Å². The topological polar surface area (TPSA) is 57.7 Å². The lowest BCUT2D eigenvalue weighted by molar-refractivity contribution is 0.0332. The minimum absolute atomic E-state index is 0.0283. The lowest BCUT2D eigenvalue weighted by Gasteiger charge is -2.44. The molecule has 1 amide bonds. The van der Waals surface area contributed by atoms with Crippen molar-refractivity contribution in [2.45, 2.75) is 39.3 Å². The van der Waals surface area contributed by atoms with Gasteiger partial charge < -0.3 is 4.90 Å². The molecule has 0 aliphatic carbocycles. The zero-order chi connectivity index (χ0) is 17.5. The molecule has 2 atom stereocenters. The number of sulfone groups is 1. The molecular formula is C18H26N2O3S. The highest BCUT2D eigenvalue weighted by Crippen LogP contribution is 2.29. The number of carbonyl (C=O) groups is 1. The second-order valence-corrected chi connectivity index (χ2v) is 9.22. The van der Waals surface area contributed by atoms with E-state index < -0.39 is 9.84 Å². The predicted molar refractivity (Wildman–Crippen MR) is 95.0 cm³/mol. The first kappa shape index (κ1) is 17.4. The molecule has 2 aliphatic rings. The van der Waals surface area contributed by atoms with Crippen LogP contribution in [0.4, 0.5) is 0 Å². The van der Waals surface area contributed by atoms with E-state index in [0.717, 1.165) is 30.6 Å². The van der Waals surface area contributed by atoms with Crippen molar-refractivity contribution in [1.82, 2.24) is 9.80 Å². The first-order chi connectivity index (χ1) is 11.3. The largest absolute Gasteiger partial charge is 0.332 e. The zero-order valence-electron chi connectivity index (χ0n) is 14.7. The molecule has 2 aliphatic heterocycles. The van der Waals surface area contributed by atoms with Gasteiger partial charge in [-0.2, -0.15) is 0 Å². The third kappa shape index (κ3) is 3.22. The lowest BCUT2D eigenvalue weighted by Crippen LogP contribution is -2.60. The van der Waals surface area contributed by atoms with Crippen LogP contribution in [-0.2, 0) is 9.84 Å². The molecule has 2 saturated heterocycles. The van der Waals surface area contributed by atoms with Crippen molar-refractivity contribution in [2.24, 2.45) is 0 Å². The maximum Gasteiger partial charge on any atom is 0.254 e. The van der Waals surface area contributed by atoms with Crippen LogP contribution in [0.1, 0.15) is 34.8 Å². The highest BCUT2D eigenvalue weighted by molar-refractivity contribution is 7.91. The molecule has 1 aromatic rings. The van der Waals surface area contributed by atoms with Crippen molar-refractivity contribution in [1.29, 1.82) is 0 Å². The maximum absolute atomic E-state index is 13.1. The number of hydrogen-bond donors (Lipinski definition) is 0. The second-order valence-electron chi connectivity index (χ2n) is 7.06. The summed E-state index contributed by atoms with van der Waals surface area (Å²) in [5.74, 6) is 0.238. The Hall–Kier alpha value is -1.40. The quantitative estimate of drug-likeness (QED) is 0.831. The monoisotopic (exact) mass is 350 g/mol. The van der Waals surface area contributed by atoms with Gasteiger partial charge in [-0.05, 0) is 38.4 Å². The number of nitrogens with zero attached hydrogens (tertiary/aromatic N) is 2. The molecule has 2 heterocycles. The van der Waals surface area contributed by atoms with Crippen LogP contribution in [0.3, 0.4) is 0 Å². The van der Waals surface area contributed by atoms with Crippen LogP contribution in [0.15, 0.2) is 18.2 Å². The molecule has 0 bridgehead atoms. The maximum atomic E-state index is 13.1. The molecule has 6 heteroatoms. The zero-order valence-corrected chi connectivity index (χ0v) is 15.5. The van der Waals surface area contributed by atoms with Crippen molar-refractivity contribution in [3.05, 3.63) is 34.9 Å². The molecular weight excluding hydrogens is 324 g/mol. The van der Waals surface area contributed by atoms with Crippen molar-refractivity contribution < 1.29 is 13.2 Å². The van der Waals surface area contributed by atoms with Gasteiger partial charge in [0.25, 0.3) is 5.91 Å². The lowest BCUT2D eigenvalue weighted by atomic mass is 10.00. The van der Waals surface area contributed by atoms with Crippen molar-refractivity contribution >= 4 is 15.7 Å². The van der Waals surface area contributed by atoms with Gasteiger partial charge in [-0.3, -0.25) is 9.69 Å². The van der Waals surface area contributed by atoms with Gasteiger partial charge in [0.15, 0.2) is 9.84 Å². The van der Waals surface area contributed by atoms with Gasteiger partial charge in [-0.15, -0.1) is 0 Å². The summed E-state index contributed by atoms with van der Waals surface area (Å²) in [4.78, 5) is 17.2. The summed E-state index contributed by atoms with van der Waals surface area (Å²) in [5, 5.41) is 0. The molecule has 2 fully saturated rings. The van der Waals surface area contributed by atoms with E-state index in [9.17, 15) is 13.2 Å². The van der Waals surface area contributed by atoms with Gasteiger partial charge in [0.05, 0.1) is 17.5 Å². The molecule has 0 unspecified atom stereocenters. The Labute approximate surface area is 144 Å². The van der Waals surface area contributed by atoms with Crippen LogP contribution in [0, 0.1) is 13.8 Å². The molecule has 0 N–H and O–H groups in total. The van der Waals surface area contributed by atoms with Gasteiger partial charge in [-0.25, -0.2) is 8.42 Å². The Morgan fingerprint density at radius 3 is 2.58 bits per heavy atom. The first-order valence-electron chi connectivity index (χ1n) is 8.65. The summed E-state index contributed by atoms with van der Waals surface area (Å²) in [6.45, 7) is 8.25. The number of piperazine rings is 1. The van der Waals surface area contributed by atoms with E-state index in [1.165, 1.54) is 0 Å². The van der Waals surface area contributed by atoms with E-state index in [1.807, 2.05) is 36.9 Å². The van der Waals surface area contributed by atoms with Crippen LogP contribution >= 0.6 is 0 Å². The van der Waals surface area contributed by atoms with Gasteiger partial charge in [-0.1, -0.05) is 24.6 Å². The summed E-state index contributed by atoms with van der Waals surface area (Å²) in [5.41, 5.74) is 2.69. The van der Waals surface area contributed by atoms with Crippen LogP contribution in [0.2, 0.25) is 0 Å². The van der Waals surface area contributed by atoms with E-state index in [4.69, 9.17) is 0 Å². The van der Waals surface area contributed by atoms with Crippen molar-refractivity contribution in [2.75, 3.05) is 31.1 Å². The average Bonchev–Trinajstić information content (AvgIpc) is 2.85. The highest BCUT2D eigenvalue weighted by Gasteiger charge is 2.47. The molecule has 24 heavy (non-hydrogen) atoms. The van der Waals surface area contributed by atoms with Crippen molar-refractivity contribution in [3.8, 4) is 0 Å². The van der Waals surface area contributed by atoms with E-state index in [-0.39, 0.29) is 29.5 Å². The summed E-state index contributed by atoms with van der Waals surface area (Å²) in [6, 6.07) is 5.59. The number of benzene rings is 1. The number of rotatable bonds is 3. The molecule has 5 nitrogen and oxygen atoms in total. The van der Waals surface area contributed by atoms with Crippen LogP contribution in [0.5, 0.6) is 0 Å². The van der Waals surface area contributed by atoms with E-state index in [2.05, 4.69) is 11.8 Å². The number of aryl methyl sites for hydroxylation is 2. The molecule has 0 saturated carbocycles. The smallest absolute Gasteiger partial charge is 0.254 e. The number of amides is 1. The van der Waals surface area contributed by atoms with E-state index >= 15 is 0 Å². The Kier molecular flexibility index (Phi) is 4.71. The Morgan fingerprint density at radius 1 is 1.17 bits per heavy atom. The van der Waals surface area contributed by atoms with Gasteiger partial charge in [0.2, 0.25) is 0 Å². The molecule has 1 aromatic carbocycles. The number of carbonyl (C=O) groups excluding carboxylic acids is 1. The predicted octanol–water partition coefficient (Wildman–Crippen LogP) is 1.64. The fraction of sp³-hybridized carbons (Fsp3) is 0.611. The second kappa shape index (κ2) is 6.48. The van der Waals surface area contributed by atoms with Crippen molar-refractivity contribution in [3.63, 3.8) is 0 Å². The SMILES string of the molecule is CCCN1CCN(C(=O)c2cc(C)ccc2C)[C@H]2CS(=O)(=O)C[C@H]21. The first-order valence-corrected chi connectivity index (χ1v) is 10.5. The average molecular weight is 350 g/mol. The van der Waals surface area contributed by atoms with Gasteiger partial charge in [0.1, 0.15) is 0 Å². The fourth-order valence-electron chi connectivity index (χ4n) is 3.96. The molecule has 3 rings (SSSR count). The molecule has 0 spiro atoms. The standard InChI is InChI=1S/C18H26N2O3S/c1-4-7-19-8-9-20(17-12-24(22,23)11-16(17)19)18(21)15-10-13(2)5-6-14(15)3/h5-6,10,16-17H,4,7-9,11-12H2,1-3H3/t16-,17+/m1/s1. The summed E-state index contributed by atoms with van der Waals surface area (Å²) in [7, 11) is -3.08. The Morgan fingerprint density at radius 2 is 1.88 bits per heavy atom. The Bertz CT molecular complexity index is 745. The summed E-state index contributed by atoms with van der Waals surface area (Å²) < 4.78 is 24.4. The van der Waals surface area contributed by atoms with E-state index in [1.54, 1.807) is 0 Å². The van der Waals surface area contributed by atoms with Crippen LogP contribution in [0.25, 0.3) is 0 Å². The summed E-state index contributed by atoms with van der Waals surface area (Å²) >= 11 is 0. The highest BCUT2D eigenvalue weighted by atomic mass is 32.2. The third-order valence-electron chi connectivity index (χ3n) is 5.19. The molecule has 132 valence electrons. The number of hydrogen-bond acceptors (Lipinski definition) is 4.